The van der Waals surface area contributed by atoms with Crippen LogP contribution in [0.25, 0.3) is 0 Å². The maximum absolute atomic E-state index is 10.9. The lowest BCUT2D eigenvalue weighted by molar-refractivity contribution is 0.0697. The summed E-state index contributed by atoms with van der Waals surface area (Å²) < 4.78 is 0. The van der Waals surface area contributed by atoms with Crippen molar-refractivity contribution in [2.24, 2.45) is 0 Å². The highest BCUT2D eigenvalue weighted by molar-refractivity contribution is 7.11. The molecule has 1 aromatic carbocycles. The van der Waals surface area contributed by atoms with Gasteiger partial charge in [0.15, 0.2) is 0 Å². The van der Waals surface area contributed by atoms with Crippen LogP contribution >= 0.6 is 11.3 Å². The van der Waals surface area contributed by atoms with E-state index in [1.807, 2.05) is 23.5 Å². The lowest BCUT2D eigenvalue weighted by atomic mass is 10.1. The van der Waals surface area contributed by atoms with Gasteiger partial charge in [-0.2, -0.15) is 0 Å². The van der Waals surface area contributed by atoms with Gasteiger partial charge in [-0.05, 0) is 17.7 Å². The summed E-state index contributed by atoms with van der Waals surface area (Å²) in [5.74, 6) is -0.382. The molecule has 116 valence electrons. The molecule has 0 bridgehead atoms. The number of thiazole rings is 1. The molecule has 1 N–H and O–H groups in total. The minimum Gasteiger partial charge on any atom is -0.478 e. The zero-order chi connectivity index (χ0) is 15.7. The summed E-state index contributed by atoms with van der Waals surface area (Å²) in [5, 5.41) is 10.2. The fourth-order valence-electron chi connectivity index (χ4n) is 2.66. The number of carboxylic acids is 1. The molecule has 1 aliphatic rings. The normalized spacial score (nSPS) is 15.0. The highest BCUT2D eigenvalue weighted by Crippen LogP contribution is 2.29. The molecule has 22 heavy (non-hydrogen) atoms. The zero-order valence-corrected chi connectivity index (χ0v) is 13.7. The van der Waals surface area contributed by atoms with Gasteiger partial charge in [0.05, 0.1) is 16.3 Å². The van der Waals surface area contributed by atoms with Crippen LogP contribution < -0.4 is 0 Å². The molecule has 0 saturated carbocycles. The largest absolute Gasteiger partial charge is 0.478 e. The van der Waals surface area contributed by atoms with Crippen LogP contribution in [0.4, 0.5) is 0 Å². The van der Waals surface area contributed by atoms with Crippen LogP contribution in [0, 0.1) is 0 Å². The summed E-state index contributed by atoms with van der Waals surface area (Å²) in [5.41, 5.74) is 2.77. The molecule has 1 aromatic heterocycles. The van der Waals surface area contributed by atoms with Crippen molar-refractivity contribution in [3.63, 3.8) is 0 Å². The molecule has 5 heteroatoms. The van der Waals surface area contributed by atoms with Crippen molar-refractivity contribution in [1.82, 2.24) is 9.88 Å². The number of fused-ring (bicyclic) bond motifs is 1. The number of rotatable bonds is 4. The zero-order valence-electron chi connectivity index (χ0n) is 12.9. The van der Waals surface area contributed by atoms with Crippen molar-refractivity contribution in [2.45, 2.75) is 39.3 Å². The van der Waals surface area contributed by atoms with Gasteiger partial charge < -0.3 is 5.11 Å². The molecule has 0 radical (unpaired) electrons. The summed E-state index contributed by atoms with van der Waals surface area (Å²) in [6.07, 6.45) is 1.01. The van der Waals surface area contributed by atoms with Crippen molar-refractivity contribution < 1.29 is 9.90 Å². The highest BCUT2D eigenvalue weighted by atomic mass is 32.1. The van der Waals surface area contributed by atoms with E-state index in [1.54, 1.807) is 12.1 Å². The van der Waals surface area contributed by atoms with Crippen LogP contribution in [0.5, 0.6) is 0 Å². The van der Waals surface area contributed by atoms with Gasteiger partial charge in [-0.1, -0.05) is 26.0 Å². The number of nitrogens with zero attached hydrogens (tertiary/aromatic N) is 2. The molecule has 0 spiro atoms. The molecule has 2 aromatic rings. The number of aromatic nitrogens is 1. The van der Waals surface area contributed by atoms with Gasteiger partial charge in [-0.15, -0.1) is 11.3 Å². The molecule has 0 aliphatic carbocycles. The first-order chi connectivity index (χ1) is 10.5. The van der Waals surface area contributed by atoms with E-state index in [9.17, 15) is 4.79 Å². The van der Waals surface area contributed by atoms with Crippen LogP contribution in [0.15, 0.2) is 24.3 Å². The molecular formula is C17H20N2O2S. The standard InChI is InChI=1S/C17H20N2O2S/c1-11(2)16-18-14-7-8-19(10-15(14)22-16)9-12-3-5-13(6-4-12)17(20)21/h3-6,11H,7-10H2,1-2H3,(H,20,21). The summed E-state index contributed by atoms with van der Waals surface area (Å²) in [6.45, 7) is 7.18. The number of carbonyl (C=O) groups is 1. The SMILES string of the molecule is CC(C)c1nc2c(s1)CN(Cc1ccc(C(=O)O)cc1)CC2. The Hall–Kier alpha value is -1.72. The maximum Gasteiger partial charge on any atom is 0.335 e. The molecule has 2 heterocycles. The van der Waals surface area contributed by atoms with Crippen LogP contribution in [0.2, 0.25) is 0 Å². The van der Waals surface area contributed by atoms with Crippen LogP contribution in [-0.4, -0.2) is 27.5 Å². The molecule has 0 atom stereocenters. The van der Waals surface area contributed by atoms with E-state index in [1.165, 1.54) is 15.6 Å². The Labute approximate surface area is 134 Å². The van der Waals surface area contributed by atoms with E-state index in [4.69, 9.17) is 10.1 Å². The third-order valence-corrected chi connectivity index (χ3v) is 5.31. The molecule has 0 fully saturated rings. The van der Waals surface area contributed by atoms with Gasteiger partial charge in [-0.25, -0.2) is 9.78 Å². The molecule has 4 nitrogen and oxygen atoms in total. The van der Waals surface area contributed by atoms with Crippen LogP contribution in [0.3, 0.4) is 0 Å². The number of benzene rings is 1. The number of aromatic carboxylic acids is 1. The number of hydrogen-bond acceptors (Lipinski definition) is 4. The van der Waals surface area contributed by atoms with Crippen molar-refractivity contribution >= 4 is 17.3 Å². The Balaban J connectivity index is 1.68. The maximum atomic E-state index is 10.9. The smallest absolute Gasteiger partial charge is 0.335 e. The summed E-state index contributed by atoms with van der Waals surface area (Å²) >= 11 is 1.83. The van der Waals surface area contributed by atoms with Crippen molar-refractivity contribution in [3.05, 3.63) is 51.0 Å². The summed E-state index contributed by atoms with van der Waals surface area (Å²) in [4.78, 5) is 19.4. The van der Waals surface area contributed by atoms with E-state index in [0.29, 0.717) is 11.5 Å². The third-order valence-electron chi connectivity index (χ3n) is 3.93. The second-order valence-corrected chi connectivity index (χ2v) is 7.15. The van der Waals surface area contributed by atoms with E-state index in [-0.39, 0.29) is 0 Å². The summed E-state index contributed by atoms with van der Waals surface area (Å²) in [6, 6.07) is 7.17. The number of hydrogen-bond donors (Lipinski definition) is 1. The first-order valence-electron chi connectivity index (χ1n) is 7.56. The Kier molecular flexibility index (Phi) is 4.27. The lowest BCUT2D eigenvalue weighted by Gasteiger charge is -2.25. The van der Waals surface area contributed by atoms with Crippen molar-refractivity contribution in [1.29, 1.82) is 0 Å². The average molecular weight is 316 g/mol. The van der Waals surface area contributed by atoms with Gasteiger partial charge in [-0.3, -0.25) is 4.90 Å². The molecule has 1 aliphatic heterocycles. The molecule has 0 unspecified atom stereocenters. The lowest BCUT2D eigenvalue weighted by Crippen LogP contribution is -2.29. The number of carboxylic acid groups (broad SMARTS) is 1. The molecular weight excluding hydrogens is 296 g/mol. The van der Waals surface area contributed by atoms with E-state index < -0.39 is 5.97 Å². The quantitative estimate of drug-likeness (QED) is 0.937. The molecule has 0 saturated heterocycles. The van der Waals surface area contributed by atoms with E-state index >= 15 is 0 Å². The van der Waals surface area contributed by atoms with E-state index in [0.717, 1.165) is 31.6 Å². The minimum absolute atomic E-state index is 0.341. The fraction of sp³-hybridized carbons (Fsp3) is 0.412. The van der Waals surface area contributed by atoms with Crippen LogP contribution in [-0.2, 0) is 19.5 Å². The highest BCUT2D eigenvalue weighted by Gasteiger charge is 2.21. The van der Waals surface area contributed by atoms with Gasteiger partial charge in [0.2, 0.25) is 0 Å². The van der Waals surface area contributed by atoms with E-state index in [2.05, 4.69) is 18.7 Å². The average Bonchev–Trinajstić information content (AvgIpc) is 2.91. The first kappa shape index (κ1) is 15.2. The molecule has 0 amide bonds. The first-order valence-corrected chi connectivity index (χ1v) is 8.37. The Morgan fingerprint density at radius 3 is 2.73 bits per heavy atom. The Morgan fingerprint density at radius 1 is 1.36 bits per heavy atom. The van der Waals surface area contributed by atoms with Gasteiger partial charge in [0.25, 0.3) is 0 Å². The minimum atomic E-state index is -0.875. The van der Waals surface area contributed by atoms with Gasteiger partial charge in [0.1, 0.15) is 0 Å². The molecule has 3 rings (SSSR count). The fourth-order valence-corrected chi connectivity index (χ4v) is 3.82. The second kappa shape index (κ2) is 6.18. The van der Waals surface area contributed by atoms with Gasteiger partial charge in [0, 0.05) is 36.9 Å². The predicted octanol–water partition coefficient (Wildman–Crippen LogP) is 3.52. The predicted molar refractivity (Wildman–Crippen MR) is 87.4 cm³/mol. The van der Waals surface area contributed by atoms with Crippen LogP contribution in [0.1, 0.15) is 51.3 Å². The van der Waals surface area contributed by atoms with Crippen molar-refractivity contribution in [3.8, 4) is 0 Å². The van der Waals surface area contributed by atoms with Crippen molar-refractivity contribution in [2.75, 3.05) is 6.54 Å². The van der Waals surface area contributed by atoms with Gasteiger partial charge >= 0.3 is 5.97 Å². The Bertz CT molecular complexity index is 676. The topological polar surface area (TPSA) is 53.4 Å². The third kappa shape index (κ3) is 3.20. The Morgan fingerprint density at radius 2 is 2.09 bits per heavy atom. The summed E-state index contributed by atoms with van der Waals surface area (Å²) in [7, 11) is 0. The second-order valence-electron chi connectivity index (χ2n) is 6.04. The monoisotopic (exact) mass is 316 g/mol.